The van der Waals surface area contributed by atoms with Crippen LogP contribution in [0.4, 0.5) is 0 Å². The predicted octanol–water partition coefficient (Wildman–Crippen LogP) is 5.53. The molecule has 0 atom stereocenters. The minimum absolute atomic E-state index is 0.0825. The van der Waals surface area contributed by atoms with E-state index in [1.807, 2.05) is 31.2 Å². The van der Waals surface area contributed by atoms with Crippen molar-refractivity contribution < 1.29 is 9.53 Å². The fourth-order valence-electron chi connectivity index (χ4n) is 3.31. The smallest absolute Gasteiger partial charge is 0.277 e. The van der Waals surface area contributed by atoms with E-state index in [1.165, 1.54) is 9.13 Å². The highest BCUT2D eigenvalue weighted by atomic mass is 127. The topological polar surface area (TPSA) is 55.6 Å². The third-order valence-electron chi connectivity index (χ3n) is 5.04. The van der Waals surface area contributed by atoms with E-state index in [1.54, 1.807) is 6.21 Å². The molecule has 0 saturated heterocycles. The number of hydrazone groups is 1. The minimum Gasteiger partial charge on any atom is -0.484 e. The van der Waals surface area contributed by atoms with Crippen LogP contribution in [0.25, 0.3) is 5.69 Å². The van der Waals surface area contributed by atoms with E-state index in [0.717, 1.165) is 22.6 Å². The summed E-state index contributed by atoms with van der Waals surface area (Å²) in [6, 6.07) is 18.2. The Morgan fingerprint density at radius 2 is 1.74 bits per heavy atom. The lowest BCUT2D eigenvalue weighted by atomic mass is 9.87. The Morgan fingerprint density at radius 3 is 2.35 bits per heavy atom. The number of halogens is 1. The zero-order valence-electron chi connectivity index (χ0n) is 18.6. The van der Waals surface area contributed by atoms with Gasteiger partial charge in [0.25, 0.3) is 5.91 Å². The van der Waals surface area contributed by atoms with Crippen LogP contribution in [0.15, 0.2) is 59.7 Å². The van der Waals surface area contributed by atoms with Gasteiger partial charge in [0.15, 0.2) is 6.61 Å². The van der Waals surface area contributed by atoms with Crippen molar-refractivity contribution >= 4 is 34.7 Å². The molecule has 5 nitrogen and oxygen atoms in total. The summed E-state index contributed by atoms with van der Waals surface area (Å²) in [7, 11) is 0. The Kier molecular flexibility index (Phi) is 7.20. The number of nitrogens with zero attached hydrogens (tertiary/aromatic N) is 2. The number of amides is 1. The van der Waals surface area contributed by atoms with Crippen LogP contribution in [-0.2, 0) is 10.2 Å². The van der Waals surface area contributed by atoms with Gasteiger partial charge in [0.2, 0.25) is 0 Å². The van der Waals surface area contributed by atoms with E-state index in [-0.39, 0.29) is 17.9 Å². The van der Waals surface area contributed by atoms with E-state index in [4.69, 9.17) is 4.74 Å². The molecule has 0 bridgehead atoms. The molecule has 6 heteroatoms. The fraction of sp³-hybridized carbons (Fsp3) is 0.280. The third kappa shape index (κ3) is 5.97. The van der Waals surface area contributed by atoms with Crippen LogP contribution in [0.3, 0.4) is 0 Å². The lowest BCUT2D eigenvalue weighted by molar-refractivity contribution is -0.123. The highest BCUT2D eigenvalue weighted by Crippen LogP contribution is 2.24. The quantitative estimate of drug-likeness (QED) is 0.260. The van der Waals surface area contributed by atoms with Crippen LogP contribution >= 0.6 is 22.6 Å². The second-order valence-electron chi connectivity index (χ2n) is 8.49. The predicted molar refractivity (Wildman–Crippen MR) is 134 cm³/mol. The number of hydrogen-bond acceptors (Lipinski definition) is 3. The molecule has 3 aromatic rings. The Balaban J connectivity index is 1.57. The fourth-order valence-corrected chi connectivity index (χ4v) is 3.67. The number of nitrogens with one attached hydrogen (secondary N) is 1. The van der Waals surface area contributed by atoms with Crippen molar-refractivity contribution in [3.63, 3.8) is 0 Å². The van der Waals surface area contributed by atoms with E-state index in [0.29, 0.717) is 5.75 Å². The number of rotatable bonds is 6. The molecule has 1 amide bonds. The average Bonchev–Trinajstić information content (AvgIpc) is 3.00. The molecule has 2 aromatic carbocycles. The first kappa shape index (κ1) is 23.1. The third-order valence-corrected chi connectivity index (χ3v) is 5.76. The van der Waals surface area contributed by atoms with Crippen LogP contribution < -0.4 is 10.2 Å². The molecule has 0 radical (unpaired) electrons. The van der Waals surface area contributed by atoms with Gasteiger partial charge >= 0.3 is 0 Å². The molecule has 0 fully saturated rings. The van der Waals surface area contributed by atoms with E-state index in [2.05, 4.69) is 95.7 Å². The van der Waals surface area contributed by atoms with Gasteiger partial charge in [-0.05, 0) is 89.9 Å². The standard InChI is InChI=1S/C25H28IN3O2/c1-17-14-19(18(2)29(17)22-10-8-21(26)9-11-22)15-27-28-24(30)16-31-23-12-6-20(7-13-23)25(3,4)5/h6-15H,16H2,1-5H3,(H,28,30). The summed E-state index contributed by atoms with van der Waals surface area (Å²) in [5.74, 6) is 0.357. The summed E-state index contributed by atoms with van der Waals surface area (Å²) >= 11 is 2.30. The van der Waals surface area contributed by atoms with Crippen LogP contribution in [-0.4, -0.2) is 23.3 Å². The number of aromatic nitrogens is 1. The molecule has 31 heavy (non-hydrogen) atoms. The van der Waals surface area contributed by atoms with Gasteiger partial charge in [-0.25, -0.2) is 5.43 Å². The molecule has 0 aliphatic rings. The maximum Gasteiger partial charge on any atom is 0.277 e. The first-order chi connectivity index (χ1) is 14.6. The summed E-state index contributed by atoms with van der Waals surface area (Å²) in [6.07, 6.45) is 1.67. The number of ether oxygens (including phenoxy) is 1. The first-order valence-corrected chi connectivity index (χ1v) is 11.2. The van der Waals surface area contributed by atoms with Crippen molar-refractivity contribution in [3.05, 3.63) is 80.7 Å². The molecule has 0 aliphatic carbocycles. The molecule has 0 aliphatic heterocycles. The molecule has 0 saturated carbocycles. The van der Waals surface area contributed by atoms with Crippen molar-refractivity contribution in [2.24, 2.45) is 5.10 Å². The van der Waals surface area contributed by atoms with Gasteiger partial charge < -0.3 is 9.30 Å². The Labute approximate surface area is 197 Å². The van der Waals surface area contributed by atoms with Crippen LogP contribution in [0.1, 0.15) is 43.3 Å². The first-order valence-electron chi connectivity index (χ1n) is 10.2. The van der Waals surface area contributed by atoms with Crippen molar-refractivity contribution in [2.75, 3.05) is 6.61 Å². The molecule has 0 spiro atoms. The van der Waals surface area contributed by atoms with Crippen molar-refractivity contribution in [2.45, 2.75) is 40.0 Å². The van der Waals surface area contributed by atoms with Gasteiger partial charge in [-0.15, -0.1) is 0 Å². The van der Waals surface area contributed by atoms with Gasteiger partial charge in [0, 0.05) is 26.2 Å². The van der Waals surface area contributed by atoms with Gasteiger partial charge in [0.1, 0.15) is 5.75 Å². The molecule has 162 valence electrons. The van der Waals surface area contributed by atoms with Crippen molar-refractivity contribution in [3.8, 4) is 11.4 Å². The monoisotopic (exact) mass is 529 g/mol. The van der Waals surface area contributed by atoms with E-state index in [9.17, 15) is 4.79 Å². The Hall–Kier alpha value is -2.61. The number of hydrogen-bond donors (Lipinski definition) is 1. The average molecular weight is 529 g/mol. The minimum atomic E-state index is -0.303. The molecule has 1 aromatic heterocycles. The second kappa shape index (κ2) is 9.68. The molecule has 3 rings (SSSR count). The molecule has 1 N–H and O–H groups in total. The zero-order chi connectivity index (χ0) is 22.6. The normalized spacial score (nSPS) is 11.7. The SMILES string of the molecule is Cc1cc(C=NNC(=O)COc2ccc(C(C)(C)C)cc2)c(C)n1-c1ccc(I)cc1. The van der Waals surface area contributed by atoms with E-state index >= 15 is 0 Å². The summed E-state index contributed by atoms with van der Waals surface area (Å²) in [4.78, 5) is 12.1. The highest BCUT2D eigenvalue weighted by Gasteiger charge is 2.13. The number of aryl methyl sites for hydroxylation is 1. The maximum atomic E-state index is 12.1. The molecular weight excluding hydrogens is 501 g/mol. The summed E-state index contributed by atoms with van der Waals surface area (Å²) in [5, 5.41) is 4.10. The zero-order valence-corrected chi connectivity index (χ0v) is 20.7. The van der Waals surface area contributed by atoms with Gasteiger partial charge in [-0.1, -0.05) is 32.9 Å². The van der Waals surface area contributed by atoms with Gasteiger partial charge in [-0.2, -0.15) is 5.10 Å². The number of carbonyl (C=O) groups excluding carboxylic acids is 1. The molecular formula is C25H28IN3O2. The largest absolute Gasteiger partial charge is 0.484 e. The maximum absolute atomic E-state index is 12.1. The Bertz CT molecular complexity index is 1080. The lowest BCUT2D eigenvalue weighted by Gasteiger charge is -2.19. The number of benzene rings is 2. The Morgan fingerprint density at radius 1 is 1.10 bits per heavy atom. The summed E-state index contributed by atoms with van der Waals surface area (Å²) in [6.45, 7) is 10.5. The second-order valence-corrected chi connectivity index (χ2v) is 9.74. The van der Waals surface area contributed by atoms with E-state index < -0.39 is 0 Å². The summed E-state index contributed by atoms with van der Waals surface area (Å²) < 4.78 is 8.93. The van der Waals surface area contributed by atoms with Crippen LogP contribution in [0, 0.1) is 17.4 Å². The van der Waals surface area contributed by atoms with Gasteiger partial charge in [-0.3, -0.25) is 4.79 Å². The summed E-state index contributed by atoms with van der Waals surface area (Å²) in [5.41, 5.74) is 8.06. The van der Waals surface area contributed by atoms with Crippen LogP contribution in [0.2, 0.25) is 0 Å². The molecule has 0 unspecified atom stereocenters. The molecule has 1 heterocycles. The highest BCUT2D eigenvalue weighted by molar-refractivity contribution is 14.1. The lowest BCUT2D eigenvalue weighted by Crippen LogP contribution is -2.24. The van der Waals surface area contributed by atoms with Crippen molar-refractivity contribution in [1.29, 1.82) is 0 Å². The van der Waals surface area contributed by atoms with Crippen LogP contribution in [0.5, 0.6) is 5.75 Å². The van der Waals surface area contributed by atoms with Gasteiger partial charge in [0.05, 0.1) is 6.21 Å². The number of carbonyl (C=O) groups is 1. The van der Waals surface area contributed by atoms with Crippen molar-refractivity contribution in [1.82, 2.24) is 9.99 Å².